The van der Waals surface area contributed by atoms with E-state index < -0.39 is 0 Å². The van der Waals surface area contributed by atoms with Gasteiger partial charge in [-0.25, -0.2) is 4.98 Å². The Bertz CT molecular complexity index is 526. The fraction of sp³-hybridized carbons (Fsp3) is 0.385. The van der Waals surface area contributed by atoms with Crippen molar-refractivity contribution in [2.75, 3.05) is 5.32 Å². The third kappa shape index (κ3) is 3.54. The molecule has 96 valence electrons. The van der Waals surface area contributed by atoms with Crippen LogP contribution in [0.15, 0.2) is 28.5 Å². The van der Waals surface area contributed by atoms with Crippen molar-refractivity contribution in [3.05, 3.63) is 32.1 Å². The number of nitrogens with zero attached hydrogens (tertiary/aromatic N) is 1. The van der Waals surface area contributed by atoms with Crippen molar-refractivity contribution in [3.63, 3.8) is 0 Å². The zero-order chi connectivity index (χ0) is 13.3. The molecular formula is C13H14BrIN2O. The fourth-order valence-corrected chi connectivity index (χ4v) is 3.45. The topological polar surface area (TPSA) is 42.0 Å². The molecule has 0 amide bonds. The number of hydrogen-bond acceptors (Lipinski definition) is 3. The number of nitrogens with one attached hydrogen (secondary N) is 1. The molecule has 0 radical (unpaired) electrons. The molecule has 0 saturated carbocycles. The quantitative estimate of drug-likeness (QED) is 0.731. The maximum absolute atomic E-state index is 11.7. The first-order chi connectivity index (χ1) is 8.35. The van der Waals surface area contributed by atoms with Crippen molar-refractivity contribution in [3.8, 4) is 0 Å². The van der Waals surface area contributed by atoms with Gasteiger partial charge in [-0.15, -0.1) is 0 Å². The molecular weight excluding hydrogens is 407 g/mol. The Kier molecular flexibility index (Phi) is 4.11. The molecule has 1 N–H and O–H groups in total. The average Bonchev–Trinajstić information content (AvgIpc) is 2.19. The third-order valence-electron chi connectivity index (χ3n) is 2.74. The Hall–Kier alpha value is -0.430. The molecule has 0 aliphatic heterocycles. The molecule has 0 fully saturated rings. The van der Waals surface area contributed by atoms with Gasteiger partial charge in [-0.3, -0.25) is 4.79 Å². The summed E-state index contributed by atoms with van der Waals surface area (Å²) < 4.78 is 1.98. The first kappa shape index (κ1) is 14.0. The van der Waals surface area contributed by atoms with E-state index in [1.165, 1.54) is 0 Å². The molecule has 0 aromatic carbocycles. The number of pyridine rings is 1. The summed E-state index contributed by atoms with van der Waals surface area (Å²) in [6, 6.07) is 1.99. The van der Waals surface area contributed by atoms with E-state index in [0.29, 0.717) is 6.42 Å². The molecule has 0 unspecified atom stereocenters. The summed E-state index contributed by atoms with van der Waals surface area (Å²) in [5.41, 5.74) is 0.971. The predicted molar refractivity (Wildman–Crippen MR) is 84.4 cm³/mol. The van der Waals surface area contributed by atoms with Crippen molar-refractivity contribution in [2.24, 2.45) is 5.41 Å². The Morgan fingerprint density at radius 3 is 2.78 bits per heavy atom. The van der Waals surface area contributed by atoms with E-state index in [-0.39, 0.29) is 11.2 Å². The Labute approximate surface area is 129 Å². The standard InChI is InChI=1S/C13H14BrIN2O/c1-13(2)5-9(4-10(18)6-13)17-12-11(15)3-8(14)7-16-12/h3-4,7H,5-6H2,1-2H3,(H,16,17). The van der Waals surface area contributed by atoms with Gasteiger partial charge >= 0.3 is 0 Å². The summed E-state index contributed by atoms with van der Waals surface area (Å²) in [4.78, 5) is 16.0. The molecule has 5 heteroatoms. The number of rotatable bonds is 2. The van der Waals surface area contributed by atoms with E-state index in [9.17, 15) is 4.79 Å². The molecule has 0 saturated heterocycles. The SMILES string of the molecule is CC1(C)CC(=O)C=C(Nc2ncc(Br)cc2I)C1. The van der Waals surface area contributed by atoms with Gasteiger partial charge in [0.2, 0.25) is 0 Å². The average molecular weight is 421 g/mol. The van der Waals surface area contributed by atoms with Gasteiger partial charge < -0.3 is 5.32 Å². The lowest BCUT2D eigenvalue weighted by atomic mass is 9.79. The predicted octanol–water partition coefficient (Wildman–Crippen LogP) is 4.13. The lowest BCUT2D eigenvalue weighted by Gasteiger charge is -2.29. The molecule has 1 aliphatic rings. The first-order valence-electron chi connectivity index (χ1n) is 5.67. The zero-order valence-corrected chi connectivity index (χ0v) is 14.0. The first-order valence-corrected chi connectivity index (χ1v) is 7.54. The molecule has 0 bridgehead atoms. The summed E-state index contributed by atoms with van der Waals surface area (Å²) in [5.74, 6) is 0.983. The molecule has 18 heavy (non-hydrogen) atoms. The number of halogens is 2. The maximum Gasteiger partial charge on any atom is 0.157 e. The van der Waals surface area contributed by atoms with E-state index >= 15 is 0 Å². The van der Waals surface area contributed by atoms with Crippen molar-refractivity contribution >= 4 is 50.1 Å². The molecule has 2 rings (SSSR count). The molecule has 1 aromatic heterocycles. The number of aromatic nitrogens is 1. The normalized spacial score (nSPS) is 18.4. The zero-order valence-electron chi connectivity index (χ0n) is 10.3. The van der Waals surface area contributed by atoms with Crippen LogP contribution in [-0.4, -0.2) is 10.8 Å². The smallest absolute Gasteiger partial charge is 0.157 e. The van der Waals surface area contributed by atoms with Crippen molar-refractivity contribution in [1.82, 2.24) is 4.98 Å². The van der Waals surface area contributed by atoms with E-state index in [1.807, 2.05) is 6.07 Å². The van der Waals surface area contributed by atoms with Crippen molar-refractivity contribution < 1.29 is 4.79 Å². The van der Waals surface area contributed by atoms with Crippen LogP contribution in [0.4, 0.5) is 5.82 Å². The molecule has 1 aromatic rings. The fourth-order valence-electron chi connectivity index (χ4n) is 2.09. The van der Waals surface area contributed by atoms with E-state index in [0.717, 1.165) is 26.0 Å². The van der Waals surface area contributed by atoms with E-state index in [1.54, 1.807) is 12.3 Å². The lowest BCUT2D eigenvalue weighted by Crippen LogP contribution is -2.24. The molecule has 0 atom stereocenters. The van der Waals surface area contributed by atoms with Gasteiger partial charge in [-0.1, -0.05) is 13.8 Å². The highest BCUT2D eigenvalue weighted by molar-refractivity contribution is 14.1. The molecule has 1 aliphatic carbocycles. The highest BCUT2D eigenvalue weighted by Crippen LogP contribution is 2.34. The summed E-state index contributed by atoms with van der Waals surface area (Å²) in [6.45, 7) is 4.22. The Morgan fingerprint density at radius 2 is 2.17 bits per heavy atom. The minimum atomic E-state index is 0.0228. The van der Waals surface area contributed by atoms with Gasteiger partial charge in [0.05, 0.1) is 3.57 Å². The minimum absolute atomic E-state index is 0.0228. The number of ketones is 1. The minimum Gasteiger partial charge on any atom is -0.343 e. The van der Waals surface area contributed by atoms with Gasteiger partial charge in [0.15, 0.2) is 5.78 Å². The van der Waals surface area contributed by atoms with E-state index in [2.05, 4.69) is 62.7 Å². The third-order valence-corrected chi connectivity index (χ3v) is 4.00. The summed E-state index contributed by atoms with van der Waals surface area (Å²) in [7, 11) is 0. The van der Waals surface area contributed by atoms with Crippen LogP contribution in [0.25, 0.3) is 0 Å². The van der Waals surface area contributed by atoms with Crippen LogP contribution in [0, 0.1) is 8.99 Å². The van der Waals surface area contributed by atoms with Crippen LogP contribution in [0.5, 0.6) is 0 Å². The number of carbonyl (C=O) groups excluding carboxylic acids is 1. The maximum atomic E-state index is 11.7. The largest absolute Gasteiger partial charge is 0.343 e. The summed E-state index contributed by atoms with van der Waals surface area (Å²) >= 11 is 5.61. The second kappa shape index (κ2) is 5.28. The number of carbonyl (C=O) groups is 1. The summed E-state index contributed by atoms with van der Waals surface area (Å²) in [6.07, 6.45) is 4.93. The molecule has 1 heterocycles. The molecule has 3 nitrogen and oxygen atoms in total. The van der Waals surface area contributed by atoms with Crippen molar-refractivity contribution in [2.45, 2.75) is 26.7 Å². The second-order valence-electron chi connectivity index (χ2n) is 5.26. The highest BCUT2D eigenvalue weighted by atomic mass is 127. The van der Waals surface area contributed by atoms with Gasteiger partial charge in [-0.2, -0.15) is 0 Å². The van der Waals surface area contributed by atoms with Gasteiger partial charge in [-0.05, 0) is 56.4 Å². The lowest BCUT2D eigenvalue weighted by molar-refractivity contribution is -0.117. The molecule has 0 spiro atoms. The number of allylic oxidation sites excluding steroid dienone is 2. The second-order valence-corrected chi connectivity index (χ2v) is 7.34. The summed E-state index contributed by atoms with van der Waals surface area (Å²) in [5, 5.41) is 3.26. The monoisotopic (exact) mass is 420 g/mol. The van der Waals surface area contributed by atoms with Crippen LogP contribution < -0.4 is 5.32 Å². The van der Waals surface area contributed by atoms with Crippen LogP contribution >= 0.6 is 38.5 Å². The Morgan fingerprint density at radius 1 is 1.44 bits per heavy atom. The van der Waals surface area contributed by atoms with Crippen LogP contribution in [0.3, 0.4) is 0 Å². The van der Waals surface area contributed by atoms with Gasteiger partial charge in [0, 0.05) is 28.9 Å². The van der Waals surface area contributed by atoms with Gasteiger partial charge in [0.25, 0.3) is 0 Å². The number of anilines is 1. The van der Waals surface area contributed by atoms with E-state index in [4.69, 9.17) is 0 Å². The van der Waals surface area contributed by atoms with Crippen LogP contribution in [-0.2, 0) is 4.79 Å². The van der Waals surface area contributed by atoms with Gasteiger partial charge in [0.1, 0.15) is 5.82 Å². The number of hydrogen-bond donors (Lipinski definition) is 1. The van der Waals surface area contributed by atoms with Crippen LogP contribution in [0.2, 0.25) is 0 Å². The van der Waals surface area contributed by atoms with Crippen molar-refractivity contribution in [1.29, 1.82) is 0 Å². The highest BCUT2D eigenvalue weighted by Gasteiger charge is 2.27. The van der Waals surface area contributed by atoms with Crippen LogP contribution in [0.1, 0.15) is 26.7 Å². The Balaban J connectivity index is 2.21.